The molecule has 2 atom stereocenters. The van der Waals surface area contributed by atoms with Crippen molar-refractivity contribution in [2.45, 2.75) is 25.9 Å². The minimum absolute atomic E-state index is 0.289. The number of aromatic nitrogens is 1. The summed E-state index contributed by atoms with van der Waals surface area (Å²) in [5, 5.41) is 15.3. The standard InChI is InChI=1S/C15H19N3O/c1-10-9-18(11(2)8-17-10)15-14-7-13(19)4-3-12(14)5-6-16-15/h3-7,10-11,17,19H,8-9H2,1-2H3. The molecule has 0 aliphatic carbocycles. The van der Waals surface area contributed by atoms with E-state index in [1.54, 1.807) is 12.1 Å². The van der Waals surface area contributed by atoms with Crippen LogP contribution in [0.1, 0.15) is 13.8 Å². The summed E-state index contributed by atoms with van der Waals surface area (Å²) in [6.45, 7) is 6.27. The summed E-state index contributed by atoms with van der Waals surface area (Å²) >= 11 is 0. The molecular formula is C15H19N3O. The van der Waals surface area contributed by atoms with Crippen LogP contribution in [0.15, 0.2) is 30.5 Å². The van der Waals surface area contributed by atoms with E-state index in [1.807, 2.05) is 18.3 Å². The van der Waals surface area contributed by atoms with Crippen LogP contribution in [0.25, 0.3) is 10.8 Å². The molecule has 2 heterocycles. The molecule has 1 aliphatic heterocycles. The van der Waals surface area contributed by atoms with Crippen LogP contribution in [0.3, 0.4) is 0 Å². The first-order valence-corrected chi connectivity index (χ1v) is 6.73. The van der Waals surface area contributed by atoms with Gasteiger partial charge in [0.2, 0.25) is 0 Å². The first-order chi connectivity index (χ1) is 9.15. The number of rotatable bonds is 1. The number of aromatic hydroxyl groups is 1. The molecule has 19 heavy (non-hydrogen) atoms. The topological polar surface area (TPSA) is 48.4 Å². The van der Waals surface area contributed by atoms with Crippen LogP contribution in [-0.4, -0.2) is 35.3 Å². The molecule has 0 bridgehead atoms. The van der Waals surface area contributed by atoms with Crippen molar-refractivity contribution in [2.24, 2.45) is 0 Å². The van der Waals surface area contributed by atoms with E-state index in [1.165, 1.54) is 0 Å². The Hall–Kier alpha value is -1.81. The number of piperazine rings is 1. The molecule has 1 fully saturated rings. The molecule has 100 valence electrons. The van der Waals surface area contributed by atoms with E-state index in [-0.39, 0.29) is 5.75 Å². The highest BCUT2D eigenvalue weighted by Gasteiger charge is 2.24. The Labute approximate surface area is 113 Å². The van der Waals surface area contributed by atoms with Gasteiger partial charge in [-0.15, -0.1) is 0 Å². The fraction of sp³-hybridized carbons (Fsp3) is 0.400. The summed E-state index contributed by atoms with van der Waals surface area (Å²) < 4.78 is 0. The molecule has 3 rings (SSSR count). The molecule has 0 amide bonds. The average molecular weight is 257 g/mol. The van der Waals surface area contributed by atoms with E-state index >= 15 is 0 Å². The van der Waals surface area contributed by atoms with Gasteiger partial charge in [-0.25, -0.2) is 4.98 Å². The second-order valence-electron chi connectivity index (χ2n) is 5.35. The quantitative estimate of drug-likeness (QED) is 0.821. The maximum absolute atomic E-state index is 9.71. The third kappa shape index (κ3) is 2.24. The van der Waals surface area contributed by atoms with Crippen LogP contribution in [0, 0.1) is 0 Å². The monoisotopic (exact) mass is 257 g/mol. The van der Waals surface area contributed by atoms with Crippen molar-refractivity contribution in [1.82, 2.24) is 10.3 Å². The summed E-state index contributed by atoms with van der Waals surface area (Å²) in [6, 6.07) is 8.29. The lowest BCUT2D eigenvalue weighted by atomic mass is 10.1. The largest absolute Gasteiger partial charge is 0.508 e. The number of pyridine rings is 1. The molecule has 0 radical (unpaired) electrons. The zero-order valence-corrected chi connectivity index (χ0v) is 11.3. The molecule has 0 saturated carbocycles. The third-order valence-corrected chi connectivity index (χ3v) is 3.77. The van der Waals surface area contributed by atoms with E-state index in [0.717, 1.165) is 29.7 Å². The number of phenols is 1. The Kier molecular flexibility index (Phi) is 3.03. The molecule has 1 saturated heterocycles. The summed E-state index contributed by atoms with van der Waals surface area (Å²) in [6.07, 6.45) is 1.84. The maximum Gasteiger partial charge on any atom is 0.136 e. The first kappa shape index (κ1) is 12.2. The number of hydrogen-bond acceptors (Lipinski definition) is 4. The van der Waals surface area contributed by atoms with Gasteiger partial charge in [-0.2, -0.15) is 0 Å². The minimum Gasteiger partial charge on any atom is -0.508 e. The normalized spacial score (nSPS) is 23.8. The van der Waals surface area contributed by atoms with Gasteiger partial charge in [-0.1, -0.05) is 6.07 Å². The predicted octanol–water partition coefficient (Wildman–Crippen LogP) is 2.13. The third-order valence-electron chi connectivity index (χ3n) is 3.77. The molecule has 4 heteroatoms. The number of benzene rings is 1. The van der Waals surface area contributed by atoms with Gasteiger partial charge in [-0.05, 0) is 37.4 Å². The number of nitrogens with zero attached hydrogens (tertiary/aromatic N) is 2. The zero-order chi connectivity index (χ0) is 13.4. The van der Waals surface area contributed by atoms with Gasteiger partial charge in [0.1, 0.15) is 11.6 Å². The van der Waals surface area contributed by atoms with Gasteiger partial charge in [-0.3, -0.25) is 0 Å². The lowest BCUT2D eigenvalue weighted by Crippen LogP contribution is -2.54. The van der Waals surface area contributed by atoms with Gasteiger partial charge in [0.25, 0.3) is 0 Å². The number of phenolic OH excluding ortho intramolecular Hbond substituents is 1. The summed E-state index contributed by atoms with van der Waals surface area (Å²) in [5.41, 5.74) is 0. The van der Waals surface area contributed by atoms with E-state index < -0.39 is 0 Å². The van der Waals surface area contributed by atoms with E-state index in [0.29, 0.717) is 12.1 Å². The van der Waals surface area contributed by atoms with Crippen molar-refractivity contribution in [3.8, 4) is 5.75 Å². The van der Waals surface area contributed by atoms with Gasteiger partial charge < -0.3 is 15.3 Å². The van der Waals surface area contributed by atoms with Crippen LogP contribution < -0.4 is 10.2 Å². The number of anilines is 1. The minimum atomic E-state index is 0.289. The first-order valence-electron chi connectivity index (χ1n) is 6.73. The number of fused-ring (bicyclic) bond motifs is 1. The molecular weight excluding hydrogens is 238 g/mol. The lowest BCUT2D eigenvalue weighted by molar-refractivity contribution is 0.423. The molecule has 2 aromatic rings. The van der Waals surface area contributed by atoms with Crippen molar-refractivity contribution in [3.05, 3.63) is 30.5 Å². The van der Waals surface area contributed by atoms with Crippen LogP contribution in [0.2, 0.25) is 0 Å². The molecule has 0 spiro atoms. The van der Waals surface area contributed by atoms with Crippen molar-refractivity contribution in [3.63, 3.8) is 0 Å². The molecule has 1 aromatic carbocycles. The number of hydrogen-bond donors (Lipinski definition) is 2. The molecule has 1 aromatic heterocycles. The van der Waals surface area contributed by atoms with Crippen molar-refractivity contribution in [2.75, 3.05) is 18.0 Å². The van der Waals surface area contributed by atoms with Crippen LogP contribution in [0.4, 0.5) is 5.82 Å². The zero-order valence-electron chi connectivity index (χ0n) is 11.3. The Morgan fingerprint density at radius 3 is 3.00 bits per heavy atom. The van der Waals surface area contributed by atoms with E-state index in [4.69, 9.17) is 0 Å². The van der Waals surface area contributed by atoms with Crippen molar-refractivity contribution in [1.29, 1.82) is 0 Å². The highest BCUT2D eigenvalue weighted by atomic mass is 16.3. The van der Waals surface area contributed by atoms with Crippen LogP contribution in [-0.2, 0) is 0 Å². The number of nitrogens with one attached hydrogen (secondary N) is 1. The Balaban J connectivity index is 2.10. The second kappa shape index (κ2) is 4.70. The molecule has 1 aliphatic rings. The fourth-order valence-corrected chi connectivity index (χ4v) is 2.69. The van der Waals surface area contributed by atoms with Crippen molar-refractivity contribution >= 4 is 16.6 Å². The van der Waals surface area contributed by atoms with Crippen LogP contribution in [0.5, 0.6) is 5.75 Å². The maximum atomic E-state index is 9.71. The molecule has 2 unspecified atom stereocenters. The summed E-state index contributed by atoms with van der Waals surface area (Å²) in [7, 11) is 0. The molecule has 4 nitrogen and oxygen atoms in total. The predicted molar refractivity (Wildman–Crippen MR) is 77.7 cm³/mol. The second-order valence-corrected chi connectivity index (χ2v) is 5.35. The van der Waals surface area contributed by atoms with Gasteiger partial charge in [0.05, 0.1) is 0 Å². The smallest absolute Gasteiger partial charge is 0.136 e. The fourth-order valence-electron chi connectivity index (χ4n) is 2.69. The van der Waals surface area contributed by atoms with Gasteiger partial charge in [0.15, 0.2) is 0 Å². The molecule has 2 N–H and O–H groups in total. The van der Waals surface area contributed by atoms with Crippen molar-refractivity contribution < 1.29 is 5.11 Å². The summed E-state index contributed by atoms with van der Waals surface area (Å²) in [4.78, 5) is 6.87. The van der Waals surface area contributed by atoms with Gasteiger partial charge >= 0.3 is 0 Å². The Morgan fingerprint density at radius 2 is 2.16 bits per heavy atom. The highest BCUT2D eigenvalue weighted by Crippen LogP contribution is 2.29. The Morgan fingerprint density at radius 1 is 1.32 bits per heavy atom. The Bertz CT molecular complexity index is 599. The van der Waals surface area contributed by atoms with E-state index in [9.17, 15) is 5.11 Å². The van der Waals surface area contributed by atoms with Gasteiger partial charge in [0, 0.05) is 36.8 Å². The average Bonchev–Trinajstić information content (AvgIpc) is 2.41. The SMILES string of the molecule is CC1CN(c2nccc3ccc(O)cc23)C(C)CN1. The summed E-state index contributed by atoms with van der Waals surface area (Å²) in [5.74, 6) is 1.26. The van der Waals surface area contributed by atoms with Crippen LogP contribution >= 0.6 is 0 Å². The lowest BCUT2D eigenvalue weighted by Gasteiger charge is -2.38. The highest BCUT2D eigenvalue weighted by molar-refractivity contribution is 5.93. The van der Waals surface area contributed by atoms with E-state index in [2.05, 4.69) is 29.0 Å².